The first-order chi connectivity index (χ1) is 6.56. The smallest absolute Gasteiger partial charge is 0.0449 e. The molecular formula is C11H16ClNO. The average molecular weight is 214 g/mol. The Morgan fingerprint density at radius 3 is 2.64 bits per heavy atom. The van der Waals surface area contributed by atoms with Crippen molar-refractivity contribution in [1.29, 1.82) is 0 Å². The predicted molar refractivity (Wildman–Crippen MR) is 59.6 cm³/mol. The average Bonchev–Trinajstić information content (AvgIpc) is 2.11. The summed E-state index contributed by atoms with van der Waals surface area (Å²) in [6.07, 6.45) is 0.570. The molecule has 0 aliphatic rings. The van der Waals surface area contributed by atoms with Crippen LogP contribution in [0.4, 0.5) is 0 Å². The number of aliphatic hydroxyl groups excluding tert-OH is 1. The molecule has 1 aromatic carbocycles. The lowest BCUT2D eigenvalue weighted by Gasteiger charge is -2.15. The Labute approximate surface area is 89.7 Å². The van der Waals surface area contributed by atoms with Crippen LogP contribution in [-0.4, -0.2) is 11.7 Å². The standard InChI is InChI=1S/C11H16ClNO/c1-7-5-9(12)6-10(8(7)2)11(13)3-4-14/h5-6,11,14H,3-4,13H2,1-2H3. The Hall–Kier alpha value is -0.570. The van der Waals surface area contributed by atoms with E-state index in [1.807, 2.05) is 26.0 Å². The van der Waals surface area contributed by atoms with Crippen molar-refractivity contribution in [3.8, 4) is 0 Å². The van der Waals surface area contributed by atoms with Crippen LogP contribution in [0.5, 0.6) is 0 Å². The maximum atomic E-state index is 8.81. The summed E-state index contributed by atoms with van der Waals surface area (Å²) in [6.45, 7) is 4.14. The van der Waals surface area contributed by atoms with Crippen molar-refractivity contribution in [2.24, 2.45) is 5.73 Å². The fourth-order valence-corrected chi connectivity index (χ4v) is 1.80. The molecule has 1 atom stereocenters. The maximum absolute atomic E-state index is 8.81. The second-order valence-corrected chi connectivity index (χ2v) is 3.99. The summed E-state index contributed by atoms with van der Waals surface area (Å²) < 4.78 is 0. The monoisotopic (exact) mass is 213 g/mol. The first kappa shape index (κ1) is 11.5. The summed E-state index contributed by atoms with van der Waals surface area (Å²) in [5.41, 5.74) is 9.26. The Morgan fingerprint density at radius 2 is 2.07 bits per heavy atom. The van der Waals surface area contributed by atoms with Gasteiger partial charge < -0.3 is 10.8 Å². The van der Waals surface area contributed by atoms with Crippen LogP contribution in [-0.2, 0) is 0 Å². The van der Waals surface area contributed by atoms with Crippen molar-refractivity contribution in [3.05, 3.63) is 33.8 Å². The molecule has 1 rings (SSSR count). The minimum absolute atomic E-state index is 0.103. The molecule has 0 fully saturated rings. The van der Waals surface area contributed by atoms with E-state index in [0.29, 0.717) is 11.4 Å². The summed E-state index contributed by atoms with van der Waals surface area (Å²) in [6, 6.07) is 3.67. The molecular weight excluding hydrogens is 198 g/mol. The molecule has 0 aromatic heterocycles. The third-order valence-corrected chi connectivity index (χ3v) is 2.73. The zero-order valence-corrected chi connectivity index (χ0v) is 9.30. The van der Waals surface area contributed by atoms with Crippen LogP contribution in [0.2, 0.25) is 5.02 Å². The lowest BCUT2D eigenvalue weighted by atomic mass is 9.96. The number of rotatable bonds is 3. The highest BCUT2D eigenvalue weighted by Crippen LogP contribution is 2.25. The summed E-state index contributed by atoms with van der Waals surface area (Å²) >= 11 is 5.95. The minimum Gasteiger partial charge on any atom is -0.396 e. The lowest BCUT2D eigenvalue weighted by Crippen LogP contribution is -2.13. The first-order valence-corrected chi connectivity index (χ1v) is 5.07. The van der Waals surface area contributed by atoms with E-state index in [1.165, 1.54) is 0 Å². The van der Waals surface area contributed by atoms with E-state index in [0.717, 1.165) is 16.7 Å². The Kier molecular flexibility index (Phi) is 3.93. The number of hydrogen-bond acceptors (Lipinski definition) is 2. The summed E-state index contributed by atoms with van der Waals surface area (Å²) in [7, 11) is 0. The van der Waals surface area contributed by atoms with Gasteiger partial charge in [0.15, 0.2) is 0 Å². The lowest BCUT2D eigenvalue weighted by molar-refractivity contribution is 0.276. The van der Waals surface area contributed by atoms with Crippen LogP contribution in [0.3, 0.4) is 0 Å². The molecule has 3 N–H and O–H groups in total. The van der Waals surface area contributed by atoms with Gasteiger partial charge in [0.25, 0.3) is 0 Å². The van der Waals surface area contributed by atoms with E-state index in [-0.39, 0.29) is 12.6 Å². The normalized spacial score (nSPS) is 12.9. The third-order valence-electron chi connectivity index (χ3n) is 2.51. The number of aryl methyl sites for hydroxylation is 1. The van der Waals surface area contributed by atoms with Crippen LogP contribution in [0.15, 0.2) is 12.1 Å². The minimum atomic E-state index is -0.127. The van der Waals surface area contributed by atoms with Crippen molar-refractivity contribution < 1.29 is 5.11 Å². The number of hydrogen-bond donors (Lipinski definition) is 2. The van der Waals surface area contributed by atoms with E-state index in [2.05, 4.69) is 0 Å². The molecule has 1 unspecified atom stereocenters. The molecule has 0 aliphatic heterocycles. The van der Waals surface area contributed by atoms with E-state index in [1.54, 1.807) is 0 Å². The molecule has 0 heterocycles. The van der Waals surface area contributed by atoms with Crippen LogP contribution < -0.4 is 5.73 Å². The van der Waals surface area contributed by atoms with Gasteiger partial charge in [0.1, 0.15) is 0 Å². The van der Waals surface area contributed by atoms with Crippen molar-refractivity contribution in [2.45, 2.75) is 26.3 Å². The van der Waals surface area contributed by atoms with Crippen LogP contribution in [0.1, 0.15) is 29.2 Å². The topological polar surface area (TPSA) is 46.2 Å². The Morgan fingerprint density at radius 1 is 1.43 bits per heavy atom. The van der Waals surface area contributed by atoms with Gasteiger partial charge in [-0.05, 0) is 49.1 Å². The fourth-order valence-electron chi connectivity index (χ4n) is 1.52. The summed E-state index contributed by atoms with van der Waals surface area (Å²) in [5, 5.41) is 9.52. The van der Waals surface area contributed by atoms with Crippen molar-refractivity contribution in [1.82, 2.24) is 0 Å². The van der Waals surface area contributed by atoms with Gasteiger partial charge in [0, 0.05) is 17.7 Å². The maximum Gasteiger partial charge on any atom is 0.0449 e. The molecule has 0 aliphatic carbocycles. The van der Waals surface area contributed by atoms with Crippen molar-refractivity contribution in [2.75, 3.05) is 6.61 Å². The molecule has 0 amide bonds. The quantitative estimate of drug-likeness (QED) is 0.810. The van der Waals surface area contributed by atoms with E-state index in [9.17, 15) is 0 Å². The van der Waals surface area contributed by atoms with Crippen LogP contribution in [0.25, 0.3) is 0 Å². The molecule has 14 heavy (non-hydrogen) atoms. The molecule has 3 heteroatoms. The molecule has 1 aromatic rings. The second-order valence-electron chi connectivity index (χ2n) is 3.56. The van der Waals surface area contributed by atoms with Gasteiger partial charge in [0.2, 0.25) is 0 Å². The summed E-state index contributed by atoms with van der Waals surface area (Å²) in [5.74, 6) is 0. The van der Waals surface area contributed by atoms with E-state index in [4.69, 9.17) is 22.4 Å². The molecule has 2 nitrogen and oxygen atoms in total. The first-order valence-electron chi connectivity index (χ1n) is 4.69. The number of nitrogens with two attached hydrogens (primary N) is 1. The number of benzene rings is 1. The van der Waals surface area contributed by atoms with Crippen molar-refractivity contribution >= 4 is 11.6 Å². The summed E-state index contributed by atoms with van der Waals surface area (Å²) in [4.78, 5) is 0. The molecule has 0 saturated heterocycles. The van der Waals surface area contributed by atoms with Gasteiger partial charge in [-0.1, -0.05) is 11.6 Å². The Balaban J connectivity index is 3.07. The predicted octanol–water partition coefficient (Wildman–Crippen LogP) is 2.34. The zero-order chi connectivity index (χ0) is 10.7. The highest BCUT2D eigenvalue weighted by Gasteiger charge is 2.10. The molecule has 0 bridgehead atoms. The SMILES string of the molecule is Cc1cc(Cl)cc(C(N)CCO)c1C. The number of halogens is 1. The van der Waals surface area contributed by atoms with Gasteiger partial charge in [-0.2, -0.15) is 0 Å². The van der Waals surface area contributed by atoms with Crippen molar-refractivity contribution in [3.63, 3.8) is 0 Å². The van der Waals surface area contributed by atoms with Gasteiger partial charge in [-0.15, -0.1) is 0 Å². The van der Waals surface area contributed by atoms with Gasteiger partial charge in [0.05, 0.1) is 0 Å². The molecule has 0 saturated carbocycles. The number of aliphatic hydroxyl groups is 1. The van der Waals surface area contributed by atoms with Crippen LogP contribution in [0, 0.1) is 13.8 Å². The third kappa shape index (κ3) is 2.47. The molecule has 0 spiro atoms. The van der Waals surface area contributed by atoms with Gasteiger partial charge >= 0.3 is 0 Å². The highest BCUT2D eigenvalue weighted by atomic mass is 35.5. The van der Waals surface area contributed by atoms with E-state index >= 15 is 0 Å². The van der Waals surface area contributed by atoms with E-state index < -0.39 is 0 Å². The van der Waals surface area contributed by atoms with Crippen LogP contribution >= 0.6 is 11.6 Å². The van der Waals surface area contributed by atoms with Gasteiger partial charge in [-0.3, -0.25) is 0 Å². The highest BCUT2D eigenvalue weighted by molar-refractivity contribution is 6.30. The van der Waals surface area contributed by atoms with Gasteiger partial charge in [-0.25, -0.2) is 0 Å². The molecule has 0 radical (unpaired) electrons. The fraction of sp³-hybridized carbons (Fsp3) is 0.455. The Bertz CT molecular complexity index is 325. The zero-order valence-electron chi connectivity index (χ0n) is 8.55. The second kappa shape index (κ2) is 4.78. The molecule has 78 valence electrons. The largest absolute Gasteiger partial charge is 0.396 e.